The van der Waals surface area contributed by atoms with Crippen LogP contribution in [0.1, 0.15) is 21.5 Å². The molecule has 3 aromatic carbocycles. The van der Waals surface area contributed by atoms with Crippen molar-refractivity contribution in [1.82, 2.24) is 5.32 Å². The van der Waals surface area contributed by atoms with Crippen molar-refractivity contribution in [2.45, 2.75) is 6.42 Å². The summed E-state index contributed by atoms with van der Waals surface area (Å²) in [7, 11) is 0. The zero-order chi connectivity index (χ0) is 20.5. The van der Waals surface area contributed by atoms with Crippen molar-refractivity contribution in [1.29, 1.82) is 0 Å². The molecule has 0 saturated carbocycles. The van der Waals surface area contributed by atoms with Crippen LogP contribution in [0, 0.1) is 5.82 Å². The number of rotatable bonds is 7. The molecule has 4 nitrogen and oxygen atoms in total. The minimum Gasteiger partial charge on any atom is -0.352 e. The van der Waals surface area contributed by atoms with Gasteiger partial charge in [0.05, 0.1) is 11.3 Å². The molecule has 2 N–H and O–H groups in total. The molecule has 0 aliphatic heterocycles. The van der Waals surface area contributed by atoms with Crippen molar-refractivity contribution in [3.8, 4) is 0 Å². The molecule has 0 unspecified atom stereocenters. The molecule has 3 aromatic rings. The highest BCUT2D eigenvalue weighted by Crippen LogP contribution is 2.15. The van der Waals surface area contributed by atoms with E-state index in [-0.39, 0.29) is 17.6 Å². The normalized spacial score (nSPS) is 10.7. The predicted molar refractivity (Wildman–Crippen MR) is 113 cm³/mol. The summed E-state index contributed by atoms with van der Waals surface area (Å²) < 4.78 is 12.9. The third-order valence-electron chi connectivity index (χ3n) is 4.27. The molecule has 146 valence electrons. The van der Waals surface area contributed by atoms with E-state index in [0.717, 1.165) is 12.0 Å². The molecular formula is C24H21FN2O2. The van der Waals surface area contributed by atoms with Gasteiger partial charge < -0.3 is 10.6 Å². The Balaban J connectivity index is 1.59. The Morgan fingerprint density at radius 3 is 2.31 bits per heavy atom. The Kier molecular flexibility index (Phi) is 6.90. The van der Waals surface area contributed by atoms with Gasteiger partial charge in [0.25, 0.3) is 5.91 Å². The maximum atomic E-state index is 12.9. The fourth-order valence-corrected chi connectivity index (χ4v) is 2.77. The van der Waals surface area contributed by atoms with Crippen LogP contribution in [-0.2, 0) is 11.2 Å². The van der Waals surface area contributed by atoms with Crippen molar-refractivity contribution in [3.05, 3.63) is 107 Å². The summed E-state index contributed by atoms with van der Waals surface area (Å²) >= 11 is 0. The number of anilines is 1. The second-order valence-corrected chi connectivity index (χ2v) is 6.41. The minimum atomic E-state index is -0.376. The molecule has 2 amide bonds. The second-order valence-electron chi connectivity index (χ2n) is 6.41. The van der Waals surface area contributed by atoms with Crippen LogP contribution in [0.5, 0.6) is 0 Å². The molecule has 0 bridgehead atoms. The lowest BCUT2D eigenvalue weighted by molar-refractivity contribution is -0.111. The third-order valence-corrected chi connectivity index (χ3v) is 4.27. The summed E-state index contributed by atoms with van der Waals surface area (Å²) in [4.78, 5) is 24.8. The van der Waals surface area contributed by atoms with Gasteiger partial charge in [-0.1, -0.05) is 54.6 Å². The molecule has 0 aromatic heterocycles. The van der Waals surface area contributed by atoms with Gasteiger partial charge in [-0.2, -0.15) is 0 Å². The van der Waals surface area contributed by atoms with E-state index in [2.05, 4.69) is 10.6 Å². The number of halogens is 1. The summed E-state index contributed by atoms with van der Waals surface area (Å²) in [6.45, 7) is 0.496. The first-order valence-electron chi connectivity index (χ1n) is 9.27. The van der Waals surface area contributed by atoms with Crippen molar-refractivity contribution in [2.75, 3.05) is 11.9 Å². The molecule has 0 saturated heterocycles. The van der Waals surface area contributed by atoms with E-state index in [1.807, 2.05) is 30.3 Å². The molecule has 0 aliphatic carbocycles. The van der Waals surface area contributed by atoms with Crippen molar-refractivity contribution in [2.24, 2.45) is 0 Å². The Labute approximate surface area is 169 Å². The van der Waals surface area contributed by atoms with Gasteiger partial charge in [0, 0.05) is 12.6 Å². The first-order chi connectivity index (χ1) is 14.1. The maximum Gasteiger partial charge on any atom is 0.253 e. The van der Waals surface area contributed by atoms with Gasteiger partial charge in [-0.15, -0.1) is 0 Å². The summed E-state index contributed by atoms with van der Waals surface area (Å²) in [5, 5.41) is 5.60. The molecule has 5 heteroatoms. The van der Waals surface area contributed by atoms with Crippen molar-refractivity contribution >= 4 is 23.6 Å². The van der Waals surface area contributed by atoms with E-state index < -0.39 is 0 Å². The van der Waals surface area contributed by atoms with E-state index in [1.165, 1.54) is 18.2 Å². The van der Waals surface area contributed by atoms with Crippen LogP contribution in [-0.4, -0.2) is 18.4 Å². The van der Waals surface area contributed by atoms with Crippen LogP contribution in [0.3, 0.4) is 0 Å². The molecule has 0 atom stereocenters. The third kappa shape index (κ3) is 6.14. The average Bonchev–Trinajstić information content (AvgIpc) is 2.74. The second kappa shape index (κ2) is 9.99. The number of benzene rings is 3. The van der Waals surface area contributed by atoms with Crippen LogP contribution in [0.15, 0.2) is 84.9 Å². The van der Waals surface area contributed by atoms with Gasteiger partial charge in [0.1, 0.15) is 5.82 Å². The van der Waals surface area contributed by atoms with E-state index in [1.54, 1.807) is 42.5 Å². The molecular weight excluding hydrogens is 367 g/mol. The topological polar surface area (TPSA) is 58.2 Å². The van der Waals surface area contributed by atoms with Gasteiger partial charge >= 0.3 is 0 Å². The summed E-state index contributed by atoms with van der Waals surface area (Å²) in [6, 6.07) is 22.5. The van der Waals surface area contributed by atoms with Crippen LogP contribution < -0.4 is 10.6 Å². The molecule has 0 aliphatic rings. The molecule has 0 fully saturated rings. The quantitative estimate of drug-likeness (QED) is 0.588. The fraction of sp³-hybridized carbons (Fsp3) is 0.0833. The molecule has 0 heterocycles. The highest BCUT2D eigenvalue weighted by atomic mass is 19.1. The zero-order valence-electron chi connectivity index (χ0n) is 15.8. The maximum absolute atomic E-state index is 12.9. The number of amides is 2. The summed E-state index contributed by atoms with van der Waals surface area (Å²) in [5.41, 5.74) is 2.66. The van der Waals surface area contributed by atoms with E-state index in [4.69, 9.17) is 0 Å². The van der Waals surface area contributed by atoms with E-state index >= 15 is 0 Å². The number of nitrogens with one attached hydrogen (secondary N) is 2. The first kappa shape index (κ1) is 20.0. The molecule has 29 heavy (non-hydrogen) atoms. The van der Waals surface area contributed by atoms with Crippen LogP contribution >= 0.6 is 0 Å². The number of hydrogen-bond donors (Lipinski definition) is 2. The van der Waals surface area contributed by atoms with Gasteiger partial charge in [-0.05, 0) is 47.9 Å². The van der Waals surface area contributed by atoms with Crippen molar-refractivity contribution in [3.63, 3.8) is 0 Å². The van der Waals surface area contributed by atoms with E-state index in [9.17, 15) is 14.0 Å². The monoisotopic (exact) mass is 388 g/mol. The standard InChI is InChI=1S/C24H21FN2O2/c25-20-13-10-19(11-14-20)12-15-23(28)27-22-9-5-4-8-21(22)24(29)26-17-16-18-6-2-1-3-7-18/h1-15H,16-17H2,(H,26,29)(H,27,28)/b15-12+. The number of carbonyl (C=O) groups excluding carboxylic acids is 2. The number of hydrogen-bond acceptors (Lipinski definition) is 2. The van der Waals surface area contributed by atoms with Crippen LogP contribution in [0.25, 0.3) is 6.08 Å². The Hall–Kier alpha value is -3.73. The van der Waals surface area contributed by atoms with E-state index in [0.29, 0.717) is 23.4 Å². The lowest BCUT2D eigenvalue weighted by Gasteiger charge is -2.10. The van der Waals surface area contributed by atoms with Gasteiger partial charge in [0.15, 0.2) is 0 Å². The van der Waals surface area contributed by atoms with Gasteiger partial charge in [-0.25, -0.2) is 4.39 Å². The van der Waals surface area contributed by atoms with Gasteiger partial charge in [-0.3, -0.25) is 9.59 Å². The summed E-state index contributed by atoms with van der Waals surface area (Å²) in [6.07, 6.45) is 3.65. The average molecular weight is 388 g/mol. The SMILES string of the molecule is O=C(/C=C/c1ccc(F)cc1)Nc1ccccc1C(=O)NCCc1ccccc1. The van der Waals surface area contributed by atoms with Crippen LogP contribution in [0.4, 0.5) is 10.1 Å². The smallest absolute Gasteiger partial charge is 0.253 e. The predicted octanol–water partition coefficient (Wildman–Crippen LogP) is 4.45. The Morgan fingerprint density at radius 2 is 1.55 bits per heavy atom. The minimum absolute atomic E-state index is 0.251. The summed E-state index contributed by atoms with van der Waals surface area (Å²) in [5.74, 6) is -0.961. The number of para-hydroxylation sites is 1. The Bertz CT molecular complexity index is 999. The molecule has 0 radical (unpaired) electrons. The highest BCUT2D eigenvalue weighted by Gasteiger charge is 2.11. The van der Waals surface area contributed by atoms with Crippen LogP contribution in [0.2, 0.25) is 0 Å². The zero-order valence-corrected chi connectivity index (χ0v) is 15.8. The Morgan fingerprint density at radius 1 is 0.862 bits per heavy atom. The highest BCUT2D eigenvalue weighted by molar-refractivity contribution is 6.07. The lowest BCUT2D eigenvalue weighted by atomic mass is 10.1. The van der Waals surface area contributed by atoms with Crippen molar-refractivity contribution < 1.29 is 14.0 Å². The first-order valence-corrected chi connectivity index (χ1v) is 9.27. The molecule has 3 rings (SSSR count). The fourth-order valence-electron chi connectivity index (χ4n) is 2.77. The lowest BCUT2D eigenvalue weighted by Crippen LogP contribution is -2.27. The van der Waals surface area contributed by atoms with Gasteiger partial charge in [0.2, 0.25) is 5.91 Å². The largest absolute Gasteiger partial charge is 0.352 e. The molecule has 0 spiro atoms. The number of carbonyl (C=O) groups is 2.